The predicted molar refractivity (Wildman–Crippen MR) is 93.4 cm³/mol. The van der Waals surface area contributed by atoms with Gasteiger partial charge in [0.05, 0.1) is 29.9 Å². The van der Waals surface area contributed by atoms with Gasteiger partial charge in [-0.2, -0.15) is 15.0 Å². The van der Waals surface area contributed by atoms with E-state index in [1.165, 1.54) is 43.2 Å². The van der Waals surface area contributed by atoms with Gasteiger partial charge in [0.15, 0.2) is 0 Å². The highest BCUT2D eigenvalue weighted by Crippen LogP contribution is 2.14. The number of benzene rings is 1. The van der Waals surface area contributed by atoms with Gasteiger partial charge in [-0.1, -0.05) is 13.8 Å². The number of nitrogens with one attached hydrogen (secondary N) is 1. The molecular formula is C16H23N5O3S. The van der Waals surface area contributed by atoms with E-state index >= 15 is 0 Å². The van der Waals surface area contributed by atoms with Gasteiger partial charge in [-0.05, 0) is 30.2 Å². The Kier molecular flexibility index (Phi) is 5.91. The van der Waals surface area contributed by atoms with Crippen LogP contribution in [0.2, 0.25) is 0 Å². The van der Waals surface area contributed by atoms with Crippen LogP contribution >= 0.6 is 0 Å². The summed E-state index contributed by atoms with van der Waals surface area (Å²) in [7, 11) is -0.579. The lowest BCUT2D eigenvalue weighted by Crippen LogP contribution is -2.42. The van der Waals surface area contributed by atoms with E-state index in [9.17, 15) is 13.2 Å². The van der Waals surface area contributed by atoms with Crippen molar-refractivity contribution in [3.8, 4) is 0 Å². The monoisotopic (exact) mass is 365 g/mol. The molecule has 8 nitrogen and oxygen atoms in total. The van der Waals surface area contributed by atoms with Crippen molar-refractivity contribution >= 4 is 15.9 Å². The molecule has 9 heteroatoms. The molecule has 1 N–H and O–H groups in total. The van der Waals surface area contributed by atoms with Gasteiger partial charge in [0, 0.05) is 19.7 Å². The number of hydrogen-bond acceptors (Lipinski definition) is 5. The minimum atomic E-state index is -3.51. The Bertz CT molecular complexity index is 799. The normalized spacial score (nSPS) is 13.2. The molecule has 25 heavy (non-hydrogen) atoms. The second-order valence-electron chi connectivity index (χ2n) is 6.22. The van der Waals surface area contributed by atoms with E-state index in [0.717, 1.165) is 4.31 Å². The summed E-state index contributed by atoms with van der Waals surface area (Å²) in [5.41, 5.74) is 0.400. The van der Waals surface area contributed by atoms with Crippen molar-refractivity contribution in [1.82, 2.24) is 24.6 Å². The average molecular weight is 365 g/mol. The first kappa shape index (κ1) is 19.1. The fourth-order valence-corrected chi connectivity index (χ4v) is 3.08. The van der Waals surface area contributed by atoms with Gasteiger partial charge in [0.1, 0.15) is 0 Å². The maximum Gasteiger partial charge on any atom is 0.251 e. The van der Waals surface area contributed by atoms with Gasteiger partial charge in [-0.15, -0.1) is 0 Å². The van der Waals surface area contributed by atoms with Gasteiger partial charge in [0.2, 0.25) is 10.0 Å². The fraction of sp³-hybridized carbons (Fsp3) is 0.438. The molecule has 0 fully saturated rings. The number of aromatic nitrogens is 3. The lowest BCUT2D eigenvalue weighted by atomic mass is 10.0. The molecule has 0 bridgehead atoms. The Hall–Kier alpha value is -2.26. The SMILES string of the molecule is CC(C)C(Cn1nccn1)NC(=O)c1ccc(S(=O)(=O)N(C)C)cc1. The minimum absolute atomic E-state index is 0.148. The van der Waals surface area contributed by atoms with E-state index in [4.69, 9.17) is 0 Å². The van der Waals surface area contributed by atoms with Crippen molar-refractivity contribution in [2.75, 3.05) is 14.1 Å². The molecule has 0 spiro atoms. The first-order chi connectivity index (χ1) is 11.7. The van der Waals surface area contributed by atoms with Crippen LogP contribution in [-0.2, 0) is 16.6 Å². The third kappa shape index (κ3) is 4.64. The van der Waals surface area contributed by atoms with Crippen LogP contribution < -0.4 is 5.32 Å². The molecule has 1 aromatic heterocycles. The summed E-state index contributed by atoms with van der Waals surface area (Å²) in [5.74, 6) is -0.0806. The molecule has 0 radical (unpaired) electrons. The Labute approximate surface area is 147 Å². The van der Waals surface area contributed by atoms with Crippen molar-refractivity contribution in [3.05, 3.63) is 42.2 Å². The molecule has 0 aliphatic carbocycles. The summed E-state index contributed by atoms with van der Waals surface area (Å²) in [5, 5.41) is 11.1. The summed E-state index contributed by atoms with van der Waals surface area (Å²) < 4.78 is 25.3. The van der Waals surface area contributed by atoms with E-state index in [2.05, 4.69) is 15.5 Å². The maximum absolute atomic E-state index is 12.5. The van der Waals surface area contributed by atoms with Crippen molar-refractivity contribution < 1.29 is 13.2 Å². The molecule has 2 aromatic rings. The summed E-state index contributed by atoms with van der Waals surface area (Å²) in [4.78, 5) is 14.1. The van der Waals surface area contributed by atoms with Crippen LogP contribution in [-0.4, -0.2) is 53.8 Å². The second kappa shape index (κ2) is 7.75. The molecule has 1 atom stereocenters. The molecule has 0 saturated carbocycles. The Morgan fingerprint density at radius 2 is 1.72 bits per heavy atom. The molecule has 1 amide bonds. The topological polar surface area (TPSA) is 97.2 Å². The van der Waals surface area contributed by atoms with Gasteiger partial charge in [-0.25, -0.2) is 12.7 Å². The maximum atomic E-state index is 12.5. The number of hydrogen-bond donors (Lipinski definition) is 1. The van der Waals surface area contributed by atoms with Crippen LogP contribution in [0.5, 0.6) is 0 Å². The second-order valence-corrected chi connectivity index (χ2v) is 8.37. The molecule has 0 saturated heterocycles. The summed E-state index contributed by atoms with van der Waals surface area (Å²) in [6.45, 7) is 4.46. The van der Waals surface area contributed by atoms with Gasteiger partial charge >= 0.3 is 0 Å². The quantitative estimate of drug-likeness (QED) is 0.789. The molecule has 1 unspecified atom stereocenters. The number of nitrogens with zero attached hydrogens (tertiary/aromatic N) is 4. The molecule has 2 rings (SSSR count). The largest absolute Gasteiger partial charge is 0.347 e. The van der Waals surface area contributed by atoms with Crippen LogP contribution in [0.25, 0.3) is 0 Å². The summed E-state index contributed by atoms with van der Waals surface area (Å²) >= 11 is 0. The van der Waals surface area contributed by atoms with E-state index in [-0.39, 0.29) is 22.8 Å². The lowest BCUT2D eigenvalue weighted by Gasteiger charge is -2.22. The predicted octanol–water partition coefficient (Wildman–Crippen LogP) is 0.983. The van der Waals surface area contributed by atoms with Crippen molar-refractivity contribution in [2.45, 2.75) is 31.3 Å². The molecular weight excluding hydrogens is 342 g/mol. The van der Waals surface area contributed by atoms with E-state index in [1.54, 1.807) is 12.4 Å². The van der Waals surface area contributed by atoms with Crippen molar-refractivity contribution in [2.24, 2.45) is 5.92 Å². The molecule has 0 aliphatic rings. The van der Waals surface area contributed by atoms with Crippen LogP contribution in [0.1, 0.15) is 24.2 Å². The molecule has 1 heterocycles. The van der Waals surface area contributed by atoms with Crippen LogP contribution in [0.3, 0.4) is 0 Å². The van der Waals surface area contributed by atoms with Crippen molar-refractivity contribution in [3.63, 3.8) is 0 Å². The van der Waals surface area contributed by atoms with E-state index in [0.29, 0.717) is 12.1 Å². The smallest absolute Gasteiger partial charge is 0.251 e. The third-order valence-electron chi connectivity index (χ3n) is 3.84. The van der Waals surface area contributed by atoms with Crippen LogP contribution in [0.15, 0.2) is 41.6 Å². The van der Waals surface area contributed by atoms with Gasteiger partial charge in [-0.3, -0.25) is 4.79 Å². The number of amides is 1. The zero-order valence-corrected chi connectivity index (χ0v) is 15.6. The first-order valence-corrected chi connectivity index (χ1v) is 9.33. The van der Waals surface area contributed by atoms with Gasteiger partial charge < -0.3 is 5.32 Å². The molecule has 0 aliphatic heterocycles. The summed E-state index contributed by atoms with van der Waals surface area (Å²) in [6, 6.07) is 5.74. The highest BCUT2D eigenvalue weighted by molar-refractivity contribution is 7.89. The summed E-state index contributed by atoms with van der Waals surface area (Å²) in [6.07, 6.45) is 3.17. The van der Waals surface area contributed by atoms with Crippen LogP contribution in [0.4, 0.5) is 0 Å². The molecule has 136 valence electrons. The average Bonchev–Trinajstić information content (AvgIpc) is 3.07. The van der Waals surface area contributed by atoms with E-state index in [1.807, 2.05) is 13.8 Å². The number of sulfonamides is 1. The first-order valence-electron chi connectivity index (χ1n) is 7.89. The fourth-order valence-electron chi connectivity index (χ4n) is 2.18. The Balaban J connectivity index is 2.11. The van der Waals surface area contributed by atoms with Crippen molar-refractivity contribution in [1.29, 1.82) is 0 Å². The minimum Gasteiger partial charge on any atom is -0.347 e. The molecule has 1 aromatic carbocycles. The third-order valence-corrected chi connectivity index (χ3v) is 5.67. The number of rotatable bonds is 7. The highest BCUT2D eigenvalue weighted by atomic mass is 32.2. The highest BCUT2D eigenvalue weighted by Gasteiger charge is 2.20. The Morgan fingerprint density at radius 3 is 2.20 bits per heavy atom. The Morgan fingerprint density at radius 1 is 1.16 bits per heavy atom. The standard InChI is InChI=1S/C16H23N5O3S/c1-12(2)15(11-21-17-9-10-18-21)19-16(22)13-5-7-14(8-6-13)25(23,24)20(3)4/h5-10,12,15H,11H2,1-4H3,(H,19,22). The lowest BCUT2D eigenvalue weighted by molar-refractivity contribution is 0.0917. The zero-order chi connectivity index (χ0) is 18.6. The zero-order valence-electron chi connectivity index (χ0n) is 14.7. The van der Waals surface area contributed by atoms with Gasteiger partial charge in [0.25, 0.3) is 5.91 Å². The van der Waals surface area contributed by atoms with Crippen LogP contribution in [0, 0.1) is 5.92 Å². The number of carbonyl (C=O) groups excluding carboxylic acids is 1. The van der Waals surface area contributed by atoms with E-state index < -0.39 is 10.0 Å². The number of carbonyl (C=O) groups is 1.